The van der Waals surface area contributed by atoms with Crippen LogP contribution in [0, 0.1) is 5.92 Å². The highest BCUT2D eigenvalue weighted by molar-refractivity contribution is 9.10. The minimum Gasteiger partial charge on any atom is -0.391 e. The molecule has 0 heterocycles. The first kappa shape index (κ1) is 15.3. The van der Waals surface area contributed by atoms with Crippen LogP contribution in [0.2, 0.25) is 5.02 Å². The molecule has 0 aliphatic heterocycles. The third-order valence-corrected chi connectivity index (χ3v) is 4.28. The Bertz CT molecular complexity index is 385. The summed E-state index contributed by atoms with van der Waals surface area (Å²) in [6.07, 6.45) is 2.88. The quantitative estimate of drug-likeness (QED) is 0.881. The number of hydrogen-bond acceptors (Lipinski definition) is 2. The smallest absolute Gasteiger partial charge is 0.0761 e. The molecule has 3 N–H and O–H groups in total. The van der Waals surface area contributed by atoms with Crippen molar-refractivity contribution in [3.63, 3.8) is 0 Å². The van der Waals surface area contributed by atoms with Gasteiger partial charge in [-0.25, -0.2) is 0 Å². The molecular weight excluding hydrogens is 325 g/mol. The molecule has 1 aliphatic rings. The van der Waals surface area contributed by atoms with Crippen molar-refractivity contribution in [3.05, 3.63) is 33.3 Å². The van der Waals surface area contributed by atoms with E-state index in [1.54, 1.807) is 6.07 Å². The minimum absolute atomic E-state index is 0. The Kier molecular flexibility index (Phi) is 5.74. The summed E-state index contributed by atoms with van der Waals surface area (Å²) in [6.45, 7) is 0. The van der Waals surface area contributed by atoms with Crippen LogP contribution in [0.5, 0.6) is 0 Å². The lowest BCUT2D eigenvalue weighted by Crippen LogP contribution is -2.36. The van der Waals surface area contributed by atoms with Crippen LogP contribution < -0.4 is 5.73 Å². The van der Waals surface area contributed by atoms with Crippen molar-refractivity contribution in [2.45, 2.75) is 31.4 Å². The van der Waals surface area contributed by atoms with Gasteiger partial charge in [-0.15, -0.1) is 12.4 Å². The van der Waals surface area contributed by atoms with E-state index in [-0.39, 0.29) is 18.4 Å². The molecule has 2 atom stereocenters. The predicted octanol–water partition coefficient (Wildman–Crippen LogP) is 3.69. The first-order chi connectivity index (χ1) is 7.59. The molecule has 1 saturated carbocycles. The van der Waals surface area contributed by atoms with E-state index in [1.807, 2.05) is 12.1 Å². The number of hydrogen-bond donors (Lipinski definition) is 2. The van der Waals surface area contributed by atoms with Crippen LogP contribution in [-0.4, -0.2) is 11.2 Å². The van der Waals surface area contributed by atoms with Crippen LogP contribution >= 0.6 is 39.9 Å². The van der Waals surface area contributed by atoms with E-state index < -0.39 is 6.10 Å². The Balaban J connectivity index is 0.00000144. The van der Waals surface area contributed by atoms with Crippen molar-refractivity contribution in [2.24, 2.45) is 11.7 Å². The van der Waals surface area contributed by atoms with Gasteiger partial charge in [0, 0.05) is 9.50 Å². The van der Waals surface area contributed by atoms with Crippen LogP contribution in [0.1, 0.15) is 30.9 Å². The van der Waals surface area contributed by atoms with E-state index >= 15 is 0 Å². The van der Waals surface area contributed by atoms with Crippen molar-refractivity contribution in [1.29, 1.82) is 0 Å². The Hall–Kier alpha value is 0.200. The fraction of sp³-hybridized carbons (Fsp3) is 0.500. The van der Waals surface area contributed by atoms with Crippen molar-refractivity contribution < 1.29 is 5.11 Å². The molecule has 2 rings (SSSR count). The molecule has 1 aromatic carbocycles. The summed E-state index contributed by atoms with van der Waals surface area (Å²) >= 11 is 9.37. The second kappa shape index (κ2) is 6.39. The molecule has 0 spiro atoms. The predicted molar refractivity (Wildman–Crippen MR) is 76.7 cm³/mol. The second-order valence-electron chi connectivity index (χ2n) is 4.37. The minimum atomic E-state index is -0.469. The summed E-state index contributed by atoms with van der Waals surface area (Å²) in [6, 6.07) is 5.12. The van der Waals surface area contributed by atoms with Crippen molar-refractivity contribution in [2.75, 3.05) is 0 Å². The van der Waals surface area contributed by atoms with E-state index in [2.05, 4.69) is 15.9 Å². The summed E-state index contributed by atoms with van der Waals surface area (Å²) in [7, 11) is 0. The zero-order valence-corrected chi connectivity index (χ0v) is 12.4. The summed E-state index contributed by atoms with van der Waals surface area (Å²) in [5.74, 6) is 0.348. The van der Waals surface area contributed by atoms with Crippen LogP contribution in [0.4, 0.5) is 0 Å². The highest BCUT2D eigenvalue weighted by Gasteiger charge is 2.31. The average Bonchev–Trinajstić information content (AvgIpc) is 2.18. The van der Waals surface area contributed by atoms with Crippen LogP contribution in [0.15, 0.2) is 22.7 Å². The van der Waals surface area contributed by atoms with Crippen molar-refractivity contribution >= 4 is 39.9 Å². The molecule has 1 fully saturated rings. The maximum Gasteiger partial charge on any atom is 0.0761 e. The molecule has 0 saturated heterocycles. The van der Waals surface area contributed by atoms with Gasteiger partial charge in [-0.2, -0.15) is 0 Å². The van der Waals surface area contributed by atoms with E-state index in [0.29, 0.717) is 10.9 Å². The zero-order chi connectivity index (χ0) is 11.7. The highest BCUT2D eigenvalue weighted by atomic mass is 79.9. The van der Waals surface area contributed by atoms with E-state index in [1.165, 1.54) is 6.42 Å². The van der Waals surface area contributed by atoms with Crippen LogP contribution in [0.3, 0.4) is 0 Å². The van der Waals surface area contributed by atoms with Gasteiger partial charge < -0.3 is 10.8 Å². The molecule has 1 aliphatic carbocycles. The summed E-state index contributed by atoms with van der Waals surface area (Å²) in [5.41, 5.74) is 6.96. The first-order valence-electron chi connectivity index (χ1n) is 5.48. The van der Waals surface area contributed by atoms with E-state index in [0.717, 1.165) is 22.9 Å². The van der Waals surface area contributed by atoms with Crippen molar-refractivity contribution in [3.8, 4) is 0 Å². The maximum atomic E-state index is 10.1. The topological polar surface area (TPSA) is 46.2 Å². The fourth-order valence-electron chi connectivity index (χ4n) is 2.03. The largest absolute Gasteiger partial charge is 0.391 e. The standard InChI is InChI=1S/C12H15BrClNO.ClH/c13-10-5-4-8(14)6-9(10)11(15)12(16)7-2-1-3-7;/h4-7,11-12,16H,1-3,15H2;1H/t11-,12+;/m0./s1. The Morgan fingerprint density at radius 1 is 1.41 bits per heavy atom. The molecule has 0 unspecified atom stereocenters. The third kappa shape index (κ3) is 3.36. The summed E-state index contributed by atoms with van der Waals surface area (Å²) < 4.78 is 0.905. The van der Waals surface area contributed by atoms with Gasteiger partial charge in [0.25, 0.3) is 0 Å². The number of nitrogens with two attached hydrogens (primary N) is 1. The SMILES string of the molecule is Cl.N[C@@H](c1cc(Cl)ccc1Br)[C@H](O)C1CCC1. The van der Waals surface area contributed by atoms with Gasteiger partial charge in [0.05, 0.1) is 12.1 Å². The number of benzene rings is 1. The second-order valence-corrected chi connectivity index (χ2v) is 5.66. The van der Waals surface area contributed by atoms with Gasteiger partial charge in [-0.3, -0.25) is 0 Å². The number of aliphatic hydroxyl groups excluding tert-OH is 1. The molecule has 5 heteroatoms. The van der Waals surface area contributed by atoms with E-state index in [9.17, 15) is 5.11 Å². The van der Waals surface area contributed by atoms with Crippen LogP contribution in [-0.2, 0) is 0 Å². The summed E-state index contributed by atoms with van der Waals surface area (Å²) in [4.78, 5) is 0. The Morgan fingerprint density at radius 3 is 2.59 bits per heavy atom. The Morgan fingerprint density at radius 2 is 2.06 bits per heavy atom. The van der Waals surface area contributed by atoms with Gasteiger partial charge >= 0.3 is 0 Å². The number of halogens is 3. The van der Waals surface area contributed by atoms with Crippen LogP contribution in [0.25, 0.3) is 0 Å². The molecule has 0 aromatic heterocycles. The molecule has 0 radical (unpaired) electrons. The fourth-order valence-corrected chi connectivity index (χ4v) is 2.72. The third-order valence-electron chi connectivity index (χ3n) is 3.32. The monoisotopic (exact) mass is 339 g/mol. The lowest BCUT2D eigenvalue weighted by molar-refractivity contribution is 0.0412. The molecule has 0 bridgehead atoms. The molecule has 0 amide bonds. The van der Waals surface area contributed by atoms with Gasteiger partial charge in [0.1, 0.15) is 0 Å². The Labute approximate surface area is 121 Å². The molecular formula is C12H16BrCl2NO. The van der Waals surface area contributed by atoms with Gasteiger partial charge in [0.15, 0.2) is 0 Å². The molecule has 96 valence electrons. The van der Waals surface area contributed by atoms with Crippen molar-refractivity contribution in [1.82, 2.24) is 0 Å². The van der Waals surface area contributed by atoms with E-state index in [4.69, 9.17) is 17.3 Å². The first-order valence-corrected chi connectivity index (χ1v) is 6.65. The van der Waals surface area contributed by atoms with Gasteiger partial charge in [-0.1, -0.05) is 34.0 Å². The molecule has 2 nitrogen and oxygen atoms in total. The number of rotatable bonds is 3. The summed E-state index contributed by atoms with van der Waals surface area (Å²) in [5, 5.41) is 10.8. The normalized spacial score (nSPS) is 19.1. The lowest BCUT2D eigenvalue weighted by atomic mass is 9.77. The maximum absolute atomic E-state index is 10.1. The highest BCUT2D eigenvalue weighted by Crippen LogP contribution is 2.36. The number of aliphatic hydroxyl groups is 1. The van der Waals surface area contributed by atoms with Gasteiger partial charge in [-0.05, 0) is 42.5 Å². The molecule has 17 heavy (non-hydrogen) atoms. The average molecular weight is 341 g/mol. The van der Waals surface area contributed by atoms with Gasteiger partial charge in [0.2, 0.25) is 0 Å². The lowest BCUT2D eigenvalue weighted by Gasteiger charge is -2.34. The molecule has 1 aromatic rings. The zero-order valence-electron chi connectivity index (χ0n) is 9.27.